The zero-order chi connectivity index (χ0) is 14.7. The van der Waals surface area contributed by atoms with Crippen molar-refractivity contribution in [2.75, 3.05) is 5.73 Å². The average Bonchev–Trinajstić information content (AvgIpc) is 2.37. The molecule has 2 rings (SSSR count). The van der Waals surface area contributed by atoms with Crippen molar-refractivity contribution in [2.45, 2.75) is 26.4 Å². The lowest BCUT2D eigenvalue weighted by molar-refractivity contribution is -0.0494. The van der Waals surface area contributed by atoms with Crippen molar-refractivity contribution >= 4 is 5.82 Å². The van der Waals surface area contributed by atoms with Gasteiger partial charge < -0.3 is 10.5 Å². The van der Waals surface area contributed by atoms with Gasteiger partial charge in [-0.15, -0.1) is 0 Å². The van der Waals surface area contributed by atoms with E-state index in [4.69, 9.17) is 5.73 Å². The molecule has 2 N–H and O–H groups in total. The van der Waals surface area contributed by atoms with E-state index < -0.39 is 6.61 Å². The Labute approximate surface area is 115 Å². The largest absolute Gasteiger partial charge is 0.434 e. The molecule has 1 heterocycles. The molecule has 0 amide bonds. The van der Waals surface area contributed by atoms with E-state index in [0.29, 0.717) is 11.4 Å². The second-order valence-corrected chi connectivity index (χ2v) is 4.57. The third-order valence-corrected chi connectivity index (χ3v) is 2.70. The Kier molecular flexibility index (Phi) is 4.12. The molecule has 0 radical (unpaired) electrons. The molecule has 0 fully saturated rings. The van der Waals surface area contributed by atoms with E-state index in [1.165, 1.54) is 6.07 Å². The first-order valence-electron chi connectivity index (χ1n) is 6.16. The maximum absolute atomic E-state index is 12.4. The molecule has 0 bridgehead atoms. The minimum atomic E-state index is -2.90. The number of rotatable bonds is 4. The first-order chi connectivity index (χ1) is 9.47. The van der Waals surface area contributed by atoms with E-state index in [9.17, 15) is 8.78 Å². The molecule has 6 heteroatoms. The molecule has 0 saturated heterocycles. The van der Waals surface area contributed by atoms with Gasteiger partial charge in [0.15, 0.2) is 5.82 Å². The molecule has 0 spiro atoms. The quantitative estimate of drug-likeness (QED) is 0.931. The first-order valence-corrected chi connectivity index (χ1v) is 6.16. The maximum atomic E-state index is 12.4. The number of alkyl halides is 2. The number of ether oxygens (including phenoxy) is 1. The molecular weight excluding hydrogens is 264 g/mol. The normalized spacial score (nSPS) is 11.1. The van der Waals surface area contributed by atoms with Crippen molar-refractivity contribution in [2.24, 2.45) is 0 Å². The number of nitrogens with zero attached hydrogens (tertiary/aromatic N) is 2. The molecule has 4 nitrogen and oxygen atoms in total. The summed E-state index contributed by atoms with van der Waals surface area (Å²) in [6.45, 7) is 1.03. The summed E-state index contributed by atoms with van der Waals surface area (Å²) < 4.78 is 29.3. The van der Waals surface area contributed by atoms with Crippen LogP contribution in [-0.4, -0.2) is 16.6 Å². The van der Waals surface area contributed by atoms with Crippen LogP contribution >= 0.6 is 0 Å². The number of halogens is 2. The zero-order valence-corrected chi connectivity index (χ0v) is 11.2. The highest BCUT2D eigenvalue weighted by Gasteiger charge is 2.14. The van der Waals surface area contributed by atoms with Crippen LogP contribution in [0.15, 0.2) is 30.3 Å². The Morgan fingerprint density at radius 2 is 1.85 bits per heavy atom. The molecule has 0 aliphatic heterocycles. The van der Waals surface area contributed by atoms with Gasteiger partial charge in [0.1, 0.15) is 11.6 Å². The van der Waals surface area contributed by atoms with Gasteiger partial charge >= 0.3 is 6.61 Å². The second-order valence-electron chi connectivity index (χ2n) is 4.57. The highest BCUT2D eigenvalue weighted by Crippen LogP contribution is 2.30. The lowest BCUT2D eigenvalue weighted by Crippen LogP contribution is -2.06. The van der Waals surface area contributed by atoms with Crippen LogP contribution in [0.2, 0.25) is 0 Å². The van der Waals surface area contributed by atoms with E-state index in [2.05, 4.69) is 14.7 Å². The Balaban J connectivity index is 2.51. The summed E-state index contributed by atoms with van der Waals surface area (Å²) in [5, 5.41) is 0. The number of hydrogen-bond donors (Lipinski definition) is 1. The van der Waals surface area contributed by atoms with Crippen LogP contribution in [0.5, 0.6) is 5.75 Å². The predicted molar refractivity (Wildman–Crippen MR) is 72.6 cm³/mol. The summed E-state index contributed by atoms with van der Waals surface area (Å²) in [4.78, 5) is 8.45. The fraction of sp³-hybridized carbons (Fsp3) is 0.286. The van der Waals surface area contributed by atoms with E-state index in [1.807, 2.05) is 13.8 Å². The maximum Gasteiger partial charge on any atom is 0.387 e. The van der Waals surface area contributed by atoms with E-state index >= 15 is 0 Å². The number of hydrogen-bond acceptors (Lipinski definition) is 4. The van der Waals surface area contributed by atoms with Gasteiger partial charge in [0, 0.05) is 11.8 Å². The fourth-order valence-electron chi connectivity index (χ4n) is 1.75. The Bertz CT molecular complexity index is 603. The number of benzene rings is 1. The molecule has 106 valence electrons. The molecule has 0 aliphatic carbocycles. The Morgan fingerprint density at radius 1 is 1.15 bits per heavy atom. The lowest BCUT2D eigenvalue weighted by atomic mass is 10.1. The third kappa shape index (κ3) is 3.20. The van der Waals surface area contributed by atoms with Gasteiger partial charge in [0.2, 0.25) is 0 Å². The van der Waals surface area contributed by atoms with E-state index in [1.54, 1.807) is 24.3 Å². The van der Waals surface area contributed by atoms with Crippen LogP contribution in [0, 0.1) is 0 Å². The van der Waals surface area contributed by atoms with Crippen molar-refractivity contribution in [1.82, 2.24) is 9.97 Å². The van der Waals surface area contributed by atoms with Crippen molar-refractivity contribution in [3.63, 3.8) is 0 Å². The third-order valence-electron chi connectivity index (χ3n) is 2.70. The highest BCUT2D eigenvalue weighted by molar-refractivity contribution is 5.65. The average molecular weight is 279 g/mol. The van der Waals surface area contributed by atoms with Crippen molar-refractivity contribution < 1.29 is 13.5 Å². The predicted octanol–water partition coefficient (Wildman–Crippen LogP) is 3.45. The van der Waals surface area contributed by atoms with E-state index in [-0.39, 0.29) is 17.5 Å². The van der Waals surface area contributed by atoms with Crippen LogP contribution in [0.4, 0.5) is 14.6 Å². The fourth-order valence-corrected chi connectivity index (χ4v) is 1.75. The Hall–Kier alpha value is -2.24. The molecule has 2 aromatic rings. The summed E-state index contributed by atoms with van der Waals surface area (Å²) in [5.74, 6) is 0.764. The van der Waals surface area contributed by atoms with Crippen LogP contribution in [0.3, 0.4) is 0 Å². The summed E-state index contributed by atoms with van der Waals surface area (Å²) in [6.07, 6.45) is 0. The molecule has 0 aliphatic rings. The minimum Gasteiger partial charge on any atom is -0.434 e. The molecule has 0 saturated carbocycles. The first kappa shape index (κ1) is 14.2. The van der Waals surface area contributed by atoms with Gasteiger partial charge in [-0.25, -0.2) is 9.97 Å². The SMILES string of the molecule is CC(C)c1cc(N)nc(-c2ccccc2OC(F)F)n1. The number of para-hydroxylation sites is 1. The van der Waals surface area contributed by atoms with Crippen LogP contribution in [0.1, 0.15) is 25.5 Å². The number of nitrogen functional groups attached to an aromatic ring is 1. The number of aromatic nitrogens is 2. The summed E-state index contributed by atoms with van der Waals surface area (Å²) in [7, 11) is 0. The molecule has 1 aromatic carbocycles. The summed E-state index contributed by atoms with van der Waals surface area (Å²) >= 11 is 0. The highest BCUT2D eigenvalue weighted by atomic mass is 19.3. The van der Waals surface area contributed by atoms with Gasteiger partial charge in [0.25, 0.3) is 0 Å². The molecule has 0 unspecified atom stereocenters. The monoisotopic (exact) mass is 279 g/mol. The smallest absolute Gasteiger partial charge is 0.387 e. The van der Waals surface area contributed by atoms with Crippen LogP contribution in [-0.2, 0) is 0 Å². The van der Waals surface area contributed by atoms with Crippen LogP contribution in [0.25, 0.3) is 11.4 Å². The zero-order valence-electron chi connectivity index (χ0n) is 11.2. The van der Waals surface area contributed by atoms with Crippen LogP contribution < -0.4 is 10.5 Å². The molecule has 0 atom stereocenters. The van der Waals surface area contributed by atoms with Gasteiger partial charge in [-0.1, -0.05) is 26.0 Å². The van der Waals surface area contributed by atoms with Gasteiger partial charge in [-0.3, -0.25) is 0 Å². The topological polar surface area (TPSA) is 61.0 Å². The van der Waals surface area contributed by atoms with Gasteiger partial charge in [-0.05, 0) is 18.1 Å². The van der Waals surface area contributed by atoms with E-state index in [0.717, 1.165) is 5.69 Å². The van der Waals surface area contributed by atoms with Gasteiger partial charge in [-0.2, -0.15) is 8.78 Å². The summed E-state index contributed by atoms with van der Waals surface area (Å²) in [5.41, 5.74) is 6.89. The minimum absolute atomic E-state index is 0.0304. The standard InChI is InChI=1S/C14H15F2N3O/c1-8(2)10-7-12(17)19-13(18-10)9-5-3-4-6-11(9)20-14(15)16/h3-8,14H,1-2H3,(H2,17,18,19). The van der Waals surface area contributed by atoms with Crippen molar-refractivity contribution in [3.05, 3.63) is 36.0 Å². The van der Waals surface area contributed by atoms with Crippen molar-refractivity contribution in [3.8, 4) is 17.1 Å². The molecule has 1 aromatic heterocycles. The summed E-state index contributed by atoms with van der Waals surface area (Å²) in [6, 6.07) is 8.05. The van der Waals surface area contributed by atoms with Gasteiger partial charge in [0.05, 0.1) is 5.56 Å². The number of anilines is 1. The second kappa shape index (κ2) is 5.81. The number of nitrogens with two attached hydrogens (primary N) is 1. The van der Waals surface area contributed by atoms with Crippen molar-refractivity contribution in [1.29, 1.82) is 0 Å². The lowest BCUT2D eigenvalue weighted by Gasteiger charge is -2.12. The Morgan fingerprint density at radius 3 is 2.50 bits per heavy atom. The molecular formula is C14H15F2N3O. The molecule has 20 heavy (non-hydrogen) atoms.